The molecule has 0 aliphatic heterocycles. The second-order valence-electron chi connectivity index (χ2n) is 10.5. The van der Waals surface area contributed by atoms with E-state index in [0.29, 0.717) is 17.5 Å². The largest absolute Gasteiger partial charge is 0.434 e. The molecule has 12 heteroatoms. The molecule has 46 heavy (non-hydrogen) atoms. The van der Waals surface area contributed by atoms with Crippen molar-refractivity contribution in [2.24, 2.45) is 0 Å². The van der Waals surface area contributed by atoms with Gasteiger partial charge in [0.2, 0.25) is 11.7 Å². The number of hydrogen-bond donors (Lipinski definition) is 2. The molecule has 0 spiro atoms. The van der Waals surface area contributed by atoms with E-state index in [2.05, 4.69) is 20.6 Å². The molecule has 0 saturated carbocycles. The van der Waals surface area contributed by atoms with E-state index >= 15 is 0 Å². The summed E-state index contributed by atoms with van der Waals surface area (Å²) in [6.45, 7) is 0. The molecule has 0 aliphatic rings. The van der Waals surface area contributed by atoms with Crippen LogP contribution in [0.2, 0.25) is 0 Å². The van der Waals surface area contributed by atoms with Gasteiger partial charge >= 0.3 is 0 Å². The van der Waals surface area contributed by atoms with Crippen LogP contribution in [-0.2, 0) is 26.8 Å². The molecule has 2 atom stereocenters. The van der Waals surface area contributed by atoms with E-state index in [9.17, 15) is 28.1 Å². The Morgan fingerprint density at radius 2 is 1.54 bits per heavy atom. The Labute approximate surface area is 265 Å². The fourth-order valence-electron chi connectivity index (χ4n) is 4.86. The van der Waals surface area contributed by atoms with Gasteiger partial charge in [-0.25, -0.2) is 13.4 Å². The summed E-state index contributed by atoms with van der Waals surface area (Å²) in [7, 11) is -4.07. The topological polar surface area (TPSA) is 172 Å². The molecule has 0 bridgehead atoms. The lowest BCUT2D eigenvalue weighted by atomic mass is 10.0. The third-order valence-corrected chi connectivity index (χ3v) is 8.79. The van der Waals surface area contributed by atoms with Crippen LogP contribution >= 0.6 is 0 Å². The number of nitrogens with zero attached hydrogens (tertiary/aromatic N) is 3. The standard InChI is InChI=1S/C34H29N5O6S/c35-20-25-10-4-5-11-26(25)21-46(43,44)22-29(38-32(41)24-16-18-36-19-17-24)33(42)37-28(15-14-23-8-2-1-3-9-23)31(40)34-39-27-12-6-7-13-30(27)45-34/h1-13,16-19,28-29H,14-15,21-22H2,(H,37,42)(H,38,41)/t28-,29-/m0/s1. The van der Waals surface area contributed by atoms with Crippen LogP contribution in [0, 0.1) is 11.3 Å². The quantitative estimate of drug-likeness (QED) is 0.183. The van der Waals surface area contributed by atoms with Gasteiger partial charge in [-0.2, -0.15) is 5.26 Å². The Morgan fingerprint density at radius 3 is 2.28 bits per heavy atom. The number of carbonyl (C=O) groups excluding carboxylic acids is 3. The number of para-hydroxylation sites is 2. The number of rotatable bonds is 13. The van der Waals surface area contributed by atoms with Crippen LogP contribution in [0.4, 0.5) is 0 Å². The molecule has 0 saturated heterocycles. The van der Waals surface area contributed by atoms with Crippen molar-refractivity contribution in [2.45, 2.75) is 30.7 Å². The Hall–Kier alpha value is -5.67. The van der Waals surface area contributed by atoms with E-state index in [4.69, 9.17) is 4.42 Å². The zero-order valence-corrected chi connectivity index (χ0v) is 25.3. The summed E-state index contributed by atoms with van der Waals surface area (Å²) in [5, 5.41) is 14.6. The number of carbonyl (C=O) groups is 3. The minimum absolute atomic E-state index is 0.140. The first-order valence-electron chi connectivity index (χ1n) is 14.4. The summed E-state index contributed by atoms with van der Waals surface area (Å²) in [4.78, 5) is 48.8. The number of pyridine rings is 1. The smallest absolute Gasteiger partial charge is 0.266 e. The maximum atomic E-state index is 13.8. The van der Waals surface area contributed by atoms with Crippen LogP contribution in [0.5, 0.6) is 0 Å². The average Bonchev–Trinajstić information content (AvgIpc) is 3.51. The summed E-state index contributed by atoms with van der Waals surface area (Å²) >= 11 is 0. The molecule has 232 valence electrons. The number of amides is 2. The number of fused-ring (bicyclic) bond motifs is 1. The number of nitrogens with one attached hydrogen (secondary N) is 2. The molecule has 2 amide bonds. The van der Waals surface area contributed by atoms with Crippen molar-refractivity contribution in [1.82, 2.24) is 20.6 Å². The molecule has 0 radical (unpaired) electrons. The van der Waals surface area contributed by atoms with E-state index < -0.39 is 51.0 Å². The molecule has 0 fully saturated rings. The van der Waals surface area contributed by atoms with E-state index in [0.717, 1.165) is 5.56 Å². The molecular formula is C34H29N5O6S. The highest BCUT2D eigenvalue weighted by Crippen LogP contribution is 2.18. The summed E-state index contributed by atoms with van der Waals surface area (Å²) in [6.07, 6.45) is 3.31. The maximum Gasteiger partial charge on any atom is 0.266 e. The Balaban J connectivity index is 1.42. The fourth-order valence-corrected chi connectivity index (χ4v) is 6.44. The van der Waals surface area contributed by atoms with Crippen LogP contribution in [0.15, 0.2) is 108 Å². The lowest BCUT2D eigenvalue weighted by Crippen LogP contribution is -2.54. The third-order valence-electron chi connectivity index (χ3n) is 7.20. The molecule has 0 aliphatic carbocycles. The van der Waals surface area contributed by atoms with Crippen LogP contribution < -0.4 is 10.6 Å². The lowest BCUT2D eigenvalue weighted by molar-refractivity contribution is -0.123. The fraction of sp³-hybridized carbons (Fsp3) is 0.176. The molecule has 2 aromatic heterocycles. The van der Waals surface area contributed by atoms with Crippen molar-refractivity contribution in [3.63, 3.8) is 0 Å². The second-order valence-corrected chi connectivity index (χ2v) is 12.6. The Bertz CT molecular complexity index is 1970. The Kier molecular flexibility index (Phi) is 9.94. The second kappa shape index (κ2) is 14.4. The van der Waals surface area contributed by atoms with Crippen molar-refractivity contribution in [3.05, 3.63) is 132 Å². The number of ketones is 1. The summed E-state index contributed by atoms with van der Waals surface area (Å²) in [5.41, 5.74) is 2.36. The normalized spacial score (nSPS) is 12.5. The SMILES string of the molecule is N#Cc1ccccc1CS(=O)(=O)C[C@H](NC(=O)c1ccncc1)C(=O)N[C@@H](CCc1ccccc1)C(=O)c1nc2ccccc2o1. The highest BCUT2D eigenvalue weighted by atomic mass is 32.2. The summed E-state index contributed by atoms with van der Waals surface area (Å²) in [5.74, 6) is -3.74. The van der Waals surface area contributed by atoms with Crippen LogP contribution in [-0.4, -0.2) is 53.8 Å². The minimum Gasteiger partial charge on any atom is -0.434 e. The molecule has 2 N–H and O–H groups in total. The maximum absolute atomic E-state index is 13.8. The van der Waals surface area contributed by atoms with Crippen molar-refractivity contribution in [2.75, 3.05) is 5.75 Å². The first-order chi connectivity index (χ1) is 22.2. The highest BCUT2D eigenvalue weighted by Gasteiger charge is 2.33. The van der Waals surface area contributed by atoms with Crippen LogP contribution in [0.25, 0.3) is 11.1 Å². The van der Waals surface area contributed by atoms with E-state index in [1.54, 1.807) is 36.4 Å². The lowest BCUT2D eigenvalue weighted by Gasteiger charge is -2.22. The van der Waals surface area contributed by atoms with Crippen molar-refractivity contribution < 1.29 is 27.2 Å². The van der Waals surface area contributed by atoms with Gasteiger partial charge in [-0.1, -0.05) is 60.7 Å². The van der Waals surface area contributed by atoms with Gasteiger partial charge in [0.1, 0.15) is 11.6 Å². The van der Waals surface area contributed by atoms with E-state index in [-0.39, 0.29) is 29.0 Å². The van der Waals surface area contributed by atoms with Gasteiger partial charge in [0.15, 0.2) is 15.4 Å². The number of nitriles is 1. The van der Waals surface area contributed by atoms with Crippen molar-refractivity contribution in [3.8, 4) is 6.07 Å². The van der Waals surface area contributed by atoms with E-state index in [1.807, 2.05) is 36.4 Å². The summed E-state index contributed by atoms with van der Waals surface area (Å²) in [6, 6.07) is 24.4. The summed E-state index contributed by atoms with van der Waals surface area (Å²) < 4.78 is 32.5. The van der Waals surface area contributed by atoms with Gasteiger partial charge in [-0.3, -0.25) is 19.4 Å². The number of aryl methyl sites for hydroxylation is 1. The predicted molar refractivity (Wildman–Crippen MR) is 169 cm³/mol. The Morgan fingerprint density at radius 1 is 0.848 bits per heavy atom. The minimum atomic E-state index is -4.07. The van der Waals surface area contributed by atoms with Gasteiger partial charge in [-0.15, -0.1) is 0 Å². The molecule has 11 nitrogen and oxygen atoms in total. The van der Waals surface area contributed by atoms with Crippen LogP contribution in [0.3, 0.4) is 0 Å². The van der Waals surface area contributed by atoms with Crippen molar-refractivity contribution >= 4 is 38.5 Å². The van der Waals surface area contributed by atoms with Gasteiger partial charge in [0.25, 0.3) is 11.8 Å². The molecule has 2 heterocycles. The monoisotopic (exact) mass is 635 g/mol. The van der Waals surface area contributed by atoms with Crippen molar-refractivity contribution in [1.29, 1.82) is 5.26 Å². The van der Waals surface area contributed by atoms with E-state index in [1.165, 1.54) is 36.7 Å². The van der Waals surface area contributed by atoms with Gasteiger partial charge in [0.05, 0.1) is 29.2 Å². The average molecular weight is 636 g/mol. The zero-order valence-electron chi connectivity index (χ0n) is 24.5. The zero-order chi connectivity index (χ0) is 32.5. The molecule has 5 aromatic rings. The first kappa shape index (κ1) is 31.7. The molecular weight excluding hydrogens is 606 g/mol. The third kappa shape index (κ3) is 8.08. The number of Topliss-reactive ketones (excluding diaryl/α,β-unsaturated/α-hetero) is 1. The number of oxazole rings is 1. The van der Waals surface area contributed by atoms with Gasteiger partial charge in [0, 0.05) is 18.0 Å². The van der Waals surface area contributed by atoms with Gasteiger partial charge in [-0.05, 0) is 54.3 Å². The highest BCUT2D eigenvalue weighted by molar-refractivity contribution is 7.90. The molecule has 5 rings (SSSR count). The molecule has 3 aromatic carbocycles. The number of aromatic nitrogens is 2. The number of benzene rings is 3. The number of sulfone groups is 1. The predicted octanol–water partition coefficient (Wildman–Crippen LogP) is 3.81. The molecule has 0 unspecified atom stereocenters. The number of hydrogen-bond acceptors (Lipinski definition) is 9. The first-order valence-corrected chi connectivity index (χ1v) is 16.2. The van der Waals surface area contributed by atoms with Crippen LogP contribution in [0.1, 0.15) is 44.2 Å². The van der Waals surface area contributed by atoms with Gasteiger partial charge < -0.3 is 15.1 Å².